The van der Waals surface area contributed by atoms with E-state index in [1.165, 1.54) is 5.56 Å². The number of hydrogen-bond acceptors (Lipinski definition) is 3. The summed E-state index contributed by atoms with van der Waals surface area (Å²) in [5.41, 5.74) is 2.30. The van der Waals surface area contributed by atoms with Crippen molar-refractivity contribution in [2.75, 3.05) is 39.3 Å². The number of urea groups is 1. The average Bonchev–Trinajstić information content (AvgIpc) is 2.65. The maximum Gasteiger partial charge on any atom is 0.317 e. The topological polar surface area (TPSA) is 61.9 Å². The molecular weight excluding hydrogens is 342 g/mol. The number of ether oxygens (including phenoxy) is 1. The Morgan fingerprint density at radius 1 is 1.11 bits per heavy atom. The van der Waals surface area contributed by atoms with E-state index in [0.717, 1.165) is 30.8 Å². The predicted molar refractivity (Wildman–Crippen MR) is 105 cm³/mol. The molecule has 0 aromatic heterocycles. The van der Waals surface area contributed by atoms with Crippen LogP contribution in [0.1, 0.15) is 38.3 Å². The van der Waals surface area contributed by atoms with E-state index < -0.39 is 0 Å². The normalized spacial score (nSPS) is 17.1. The van der Waals surface area contributed by atoms with Gasteiger partial charge in [-0.1, -0.05) is 32.9 Å². The van der Waals surface area contributed by atoms with Crippen molar-refractivity contribution in [1.82, 2.24) is 15.1 Å². The Kier molecular flexibility index (Phi) is 5.92. The minimum atomic E-state index is -0.0355. The maximum atomic E-state index is 12.6. The highest BCUT2D eigenvalue weighted by Crippen LogP contribution is 2.26. The molecule has 3 amide bonds. The van der Waals surface area contributed by atoms with Crippen LogP contribution in [0.25, 0.3) is 0 Å². The van der Waals surface area contributed by atoms with Crippen LogP contribution in [0.5, 0.6) is 5.75 Å². The minimum absolute atomic E-state index is 0.0355. The van der Waals surface area contributed by atoms with Crippen LogP contribution in [0.15, 0.2) is 18.2 Å². The van der Waals surface area contributed by atoms with Crippen molar-refractivity contribution in [3.8, 4) is 5.75 Å². The number of hydrogen-bond donors (Lipinski definition) is 1. The summed E-state index contributed by atoms with van der Waals surface area (Å²) in [6.07, 6.45) is 2.45. The molecule has 2 heterocycles. The van der Waals surface area contributed by atoms with E-state index in [2.05, 4.69) is 32.2 Å². The SMILES string of the molecule is CC(C)(C)CNC(=O)N1CCN(C(=O)Cc2ccc3c(c2)CCCO3)CC1. The lowest BCUT2D eigenvalue weighted by molar-refractivity contribution is -0.131. The third-order valence-electron chi connectivity index (χ3n) is 5.02. The number of piperazine rings is 1. The number of carbonyl (C=O) groups is 2. The maximum absolute atomic E-state index is 12.6. The molecule has 0 bridgehead atoms. The zero-order valence-electron chi connectivity index (χ0n) is 16.7. The minimum Gasteiger partial charge on any atom is -0.493 e. The fourth-order valence-electron chi connectivity index (χ4n) is 3.42. The van der Waals surface area contributed by atoms with Crippen LogP contribution >= 0.6 is 0 Å². The lowest BCUT2D eigenvalue weighted by Crippen LogP contribution is -2.54. The van der Waals surface area contributed by atoms with Gasteiger partial charge in [0.1, 0.15) is 5.75 Å². The molecule has 27 heavy (non-hydrogen) atoms. The number of nitrogens with one attached hydrogen (secondary N) is 1. The zero-order valence-corrected chi connectivity index (χ0v) is 16.7. The van der Waals surface area contributed by atoms with Crippen molar-refractivity contribution in [3.05, 3.63) is 29.3 Å². The molecule has 1 aromatic carbocycles. The molecule has 1 saturated heterocycles. The second-order valence-corrected chi connectivity index (χ2v) is 8.66. The van der Waals surface area contributed by atoms with Gasteiger partial charge in [0.2, 0.25) is 5.91 Å². The van der Waals surface area contributed by atoms with Gasteiger partial charge in [-0.2, -0.15) is 0 Å². The summed E-state index contributed by atoms with van der Waals surface area (Å²) in [6.45, 7) is 10.1. The first-order valence-corrected chi connectivity index (χ1v) is 9.87. The largest absolute Gasteiger partial charge is 0.493 e. The van der Waals surface area contributed by atoms with Crippen molar-refractivity contribution in [2.24, 2.45) is 5.41 Å². The number of amides is 3. The Labute approximate surface area is 161 Å². The van der Waals surface area contributed by atoms with Gasteiger partial charge in [-0.05, 0) is 35.4 Å². The summed E-state index contributed by atoms with van der Waals surface area (Å²) >= 11 is 0. The van der Waals surface area contributed by atoms with Crippen LogP contribution in [-0.4, -0.2) is 61.1 Å². The summed E-state index contributed by atoms with van der Waals surface area (Å²) in [5, 5.41) is 2.98. The van der Waals surface area contributed by atoms with Gasteiger partial charge in [0.15, 0.2) is 0 Å². The highest BCUT2D eigenvalue weighted by molar-refractivity contribution is 5.80. The van der Waals surface area contributed by atoms with Crippen molar-refractivity contribution < 1.29 is 14.3 Å². The molecule has 148 valence electrons. The smallest absolute Gasteiger partial charge is 0.317 e. The molecule has 6 heteroatoms. The number of fused-ring (bicyclic) bond motifs is 1. The first-order valence-electron chi connectivity index (χ1n) is 9.87. The molecule has 0 aliphatic carbocycles. The summed E-state index contributed by atoms with van der Waals surface area (Å²) in [6, 6.07) is 6.03. The van der Waals surface area contributed by atoms with E-state index in [4.69, 9.17) is 4.74 Å². The van der Waals surface area contributed by atoms with Crippen LogP contribution in [0.3, 0.4) is 0 Å². The van der Waals surface area contributed by atoms with Crippen LogP contribution in [0.4, 0.5) is 4.79 Å². The third kappa shape index (κ3) is 5.37. The van der Waals surface area contributed by atoms with Gasteiger partial charge in [0.05, 0.1) is 13.0 Å². The second kappa shape index (κ2) is 8.19. The molecule has 0 spiro atoms. The van der Waals surface area contributed by atoms with Crippen LogP contribution in [0.2, 0.25) is 0 Å². The molecule has 0 unspecified atom stereocenters. The van der Waals surface area contributed by atoms with E-state index in [9.17, 15) is 9.59 Å². The second-order valence-electron chi connectivity index (χ2n) is 8.66. The van der Waals surface area contributed by atoms with Crippen molar-refractivity contribution in [1.29, 1.82) is 0 Å². The molecule has 6 nitrogen and oxygen atoms in total. The van der Waals surface area contributed by atoms with Gasteiger partial charge in [0, 0.05) is 32.7 Å². The summed E-state index contributed by atoms with van der Waals surface area (Å²) < 4.78 is 5.64. The number of carbonyl (C=O) groups excluding carboxylic acids is 2. The van der Waals surface area contributed by atoms with Gasteiger partial charge >= 0.3 is 6.03 Å². The number of nitrogens with zero attached hydrogens (tertiary/aromatic N) is 2. The molecule has 0 radical (unpaired) electrons. The van der Waals surface area contributed by atoms with Gasteiger partial charge < -0.3 is 19.9 Å². The van der Waals surface area contributed by atoms with E-state index >= 15 is 0 Å². The Balaban J connectivity index is 1.48. The van der Waals surface area contributed by atoms with Gasteiger partial charge in [0.25, 0.3) is 0 Å². The van der Waals surface area contributed by atoms with Gasteiger partial charge in [-0.15, -0.1) is 0 Å². The lowest BCUT2D eigenvalue weighted by atomic mass is 9.97. The molecule has 0 saturated carbocycles. The Hall–Kier alpha value is -2.24. The van der Waals surface area contributed by atoms with E-state index in [1.807, 2.05) is 17.0 Å². The summed E-state index contributed by atoms with van der Waals surface area (Å²) in [7, 11) is 0. The Bertz CT molecular complexity index is 688. The molecule has 3 rings (SSSR count). The highest BCUT2D eigenvalue weighted by atomic mass is 16.5. The molecule has 2 aliphatic heterocycles. The van der Waals surface area contributed by atoms with Crippen molar-refractivity contribution in [3.63, 3.8) is 0 Å². The van der Waals surface area contributed by atoms with E-state index in [1.54, 1.807) is 4.90 Å². The molecule has 1 aromatic rings. The molecule has 0 atom stereocenters. The number of aryl methyl sites for hydroxylation is 1. The monoisotopic (exact) mass is 373 g/mol. The molecule has 1 N–H and O–H groups in total. The Morgan fingerprint density at radius 3 is 2.52 bits per heavy atom. The average molecular weight is 373 g/mol. The highest BCUT2D eigenvalue weighted by Gasteiger charge is 2.25. The predicted octanol–water partition coefficient (Wildman–Crippen LogP) is 2.45. The standard InChI is InChI=1S/C21H31N3O3/c1-21(2,3)15-22-20(26)24-10-8-23(9-11-24)19(25)14-16-6-7-18-17(13-16)5-4-12-27-18/h6-7,13H,4-5,8-12,14-15H2,1-3H3,(H,22,26). The molecule has 2 aliphatic rings. The number of benzene rings is 1. The van der Waals surface area contributed by atoms with Crippen molar-refractivity contribution >= 4 is 11.9 Å². The zero-order chi connectivity index (χ0) is 19.4. The fraction of sp³-hybridized carbons (Fsp3) is 0.619. The van der Waals surface area contributed by atoms with Crippen molar-refractivity contribution in [2.45, 2.75) is 40.0 Å². The third-order valence-corrected chi connectivity index (χ3v) is 5.02. The number of rotatable bonds is 3. The first-order chi connectivity index (χ1) is 12.8. The van der Waals surface area contributed by atoms with Gasteiger partial charge in [-0.3, -0.25) is 4.79 Å². The summed E-state index contributed by atoms with van der Waals surface area (Å²) in [5.74, 6) is 1.08. The van der Waals surface area contributed by atoms with Gasteiger partial charge in [-0.25, -0.2) is 4.79 Å². The van der Waals surface area contributed by atoms with Crippen LogP contribution in [-0.2, 0) is 17.6 Å². The Morgan fingerprint density at radius 2 is 1.81 bits per heavy atom. The molecule has 1 fully saturated rings. The quantitative estimate of drug-likeness (QED) is 0.885. The molecular formula is C21H31N3O3. The van der Waals surface area contributed by atoms with E-state index in [-0.39, 0.29) is 17.4 Å². The lowest BCUT2D eigenvalue weighted by Gasteiger charge is -2.35. The van der Waals surface area contributed by atoms with Crippen LogP contribution in [0, 0.1) is 5.41 Å². The van der Waals surface area contributed by atoms with E-state index in [0.29, 0.717) is 39.1 Å². The first kappa shape index (κ1) is 19.5. The van der Waals surface area contributed by atoms with Crippen LogP contribution < -0.4 is 10.1 Å². The fourth-order valence-corrected chi connectivity index (χ4v) is 3.42. The summed E-state index contributed by atoms with van der Waals surface area (Å²) in [4.78, 5) is 28.6.